The van der Waals surface area contributed by atoms with E-state index in [1.807, 2.05) is 35.3 Å². The molecule has 1 heterocycles. The molecular formula is C21H24BrN5O2. The third kappa shape index (κ3) is 3.27. The average molecular weight is 458 g/mol. The first-order valence-electron chi connectivity index (χ1n) is 10.1. The lowest BCUT2D eigenvalue weighted by Gasteiger charge is -2.60. The second-order valence-corrected chi connectivity index (χ2v) is 9.85. The van der Waals surface area contributed by atoms with Gasteiger partial charge in [0.1, 0.15) is 6.33 Å². The largest absolute Gasteiger partial charge is 0.326 e. The summed E-state index contributed by atoms with van der Waals surface area (Å²) in [5, 5.41) is 10.5. The molecule has 4 aliphatic carbocycles. The van der Waals surface area contributed by atoms with E-state index in [1.54, 1.807) is 0 Å². The van der Waals surface area contributed by atoms with Crippen molar-refractivity contribution in [2.45, 2.75) is 51.0 Å². The van der Waals surface area contributed by atoms with Crippen LogP contribution < -0.4 is 10.6 Å². The van der Waals surface area contributed by atoms with Crippen LogP contribution in [-0.2, 0) is 15.1 Å². The molecule has 152 valence electrons. The minimum atomic E-state index is -0.348. The zero-order chi connectivity index (χ0) is 20.2. The highest BCUT2D eigenvalue weighted by atomic mass is 79.9. The zero-order valence-corrected chi connectivity index (χ0v) is 17.9. The highest BCUT2D eigenvalue weighted by molar-refractivity contribution is 9.10. The lowest BCUT2D eigenvalue weighted by molar-refractivity contribution is -0.150. The van der Waals surface area contributed by atoms with Crippen LogP contribution in [-0.4, -0.2) is 26.6 Å². The number of amides is 2. The van der Waals surface area contributed by atoms with Crippen molar-refractivity contribution in [3.63, 3.8) is 0 Å². The van der Waals surface area contributed by atoms with Crippen molar-refractivity contribution in [1.82, 2.24) is 14.8 Å². The summed E-state index contributed by atoms with van der Waals surface area (Å²) in [4.78, 5) is 28.9. The standard InChI is InChI=1S/C21H24BrN5O2/c1-13(28)24-16-2-4-17(5-3-16)25-18(29)20-7-14-6-15(8-20)10-21(9-14,11-20)27-12-23-19(22)26-27/h2-5,12,14-15H,6-11H2,1H3,(H,24,28)(H,25,29)/t14-,15+,20?,21?. The molecule has 8 heteroatoms. The number of rotatable bonds is 4. The van der Waals surface area contributed by atoms with Crippen molar-refractivity contribution in [3.8, 4) is 0 Å². The SMILES string of the molecule is CC(=O)Nc1ccc(NC(=O)C23C[C@H]4C[C@@H](C2)CC(n2cnc(Br)n2)(C4)C3)cc1. The van der Waals surface area contributed by atoms with E-state index in [0.717, 1.165) is 43.5 Å². The molecule has 2 amide bonds. The van der Waals surface area contributed by atoms with Gasteiger partial charge in [-0.2, -0.15) is 0 Å². The Morgan fingerprint density at radius 2 is 1.69 bits per heavy atom. The van der Waals surface area contributed by atoms with E-state index in [9.17, 15) is 9.59 Å². The van der Waals surface area contributed by atoms with Gasteiger partial charge in [0.05, 0.1) is 11.0 Å². The smallest absolute Gasteiger partial charge is 0.230 e. The zero-order valence-electron chi connectivity index (χ0n) is 16.3. The van der Waals surface area contributed by atoms with Gasteiger partial charge in [0.15, 0.2) is 0 Å². The molecule has 1 aromatic heterocycles. The van der Waals surface area contributed by atoms with E-state index in [1.165, 1.54) is 13.3 Å². The van der Waals surface area contributed by atoms with Crippen molar-refractivity contribution in [2.75, 3.05) is 10.6 Å². The van der Waals surface area contributed by atoms with Gasteiger partial charge in [0.25, 0.3) is 0 Å². The van der Waals surface area contributed by atoms with Crippen molar-refractivity contribution in [3.05, 3.63) is 35.3 Å². The number of carbonyl (C=O) groups is 2. The third-order valence-corrected chi connectivity index (χ3v) is 7.29. The van der Waals surface area contributed by atoms with Crippen molar-refractivity contribution in [1.29, 1.82) is 0 Å². The van der Waals surface area contributed by atoms with Gasteiger partial charge >= 0.3 is 0 Å². The highest BCUT2D eigenvalue weighted by Gasteiger charge is 2.61. The van der Waals surface area contributed by atoms with Crippen LogP contribution in [0.5, 0.6) is 0 Å². The van der Waals surface area contributed by atoms with Crippen LogP contribution in [0.2, 0.25) is 0 Å². The summed E-state index contributed by atoms with van der Waals surface area (Å²) >= 11 is 3.37. The summed E-state index contributed by atoms with van der Waals surface area (Å²) in [6, 6.07) is 7.30. The molecule has 4 aliphatic rings. The fourth-order valence-electron chi connectivity index (χ4n) is 6.32. The quantitative estimate of drug-likeness (QED) is 0.727. The van der Waals surface area contributed by atoms with Gasteiger partial charge in [-0.3, -0.25) is 9.59 Å². The monoisotopic (exact) mass is 457 g/mol. The molecule has 29 heavy (non-hydrogen) atoms. The molecule has 4 bridgehead atoms. The average Bonchev–Trinajstić information content (AvgIpc) is 3.09. The molecule has 1 aromatic carbocycles. The van der Waals surface area contributed by atoms with Crippen molar-refractivity contribution in [2.24, 2.45) is 17.3 Å². The van der Waals surface area contributed by atoms with E-state index in [4.69, 9.17) is 0 Å². The molecule has 4 saturated carbocycles. The summed E-state index contributed by atoms with van der Waals surface area (Å²) < 4.78 is 2.62. The fourth-order valence-corrected chi connectivity index (χ4v) is 6.59. The maximum Gasteiger partial charge on any atom is 0.230 e. The predicted molar refractivity (Wildman–Crippen MR) is 112 cm³/mol. The molecule has 6 rings (SSSR count). The Bertz CT molecular complexity index is 956. The van der Waals surface area contributed by atoms with Gasteiger partial charge < -0.3 is 10.6 Å². The lowest BCUT2D eigenvalue weighted by Crippen LogP contribution is -2.60. The summed E-state index contributed by atoms with van der Waals surface area (Å²) in [6.45, 7) is 1.48. The van der Waals surface area contributed by atoms with Gasteiger partial charge in [-0.05, 0) is 90.6 Å². The molecule has 0 radical (unpaired) electrons. The number of hydrogen-bond donors (Lipinski definition) is 2. The summed E-state index contributed by atoms with van der Waals surface area (Å²) in [5.74, 6) is 1.13. The molecule has 2 aromatic rings. The molecule has 2 N–H and O–H groups in total. The lowest BCUT2D eigenvalue weighted by atomic mass is 9.46. The van der Waals surface area contributed by atoms with Crippen LogP contribution in [0, 0.1) is 17.3 Å². The molecule has 4 fully saturated rings. The summed E-state index contributed by atoms with van der Waals surface area (Å²) in [5.41, 5.74) is 1.03. The Hall–Kier alpha value is -2.22. The highest BCUT2D eigenvalue weighted by Crippen LogP contribution is 2.64. The predicted octanol–water partition coefficient (Wildman–Crippen LogP) is 3.93. The number of nitrogens with zero attached hydrogens (tertiary/aromatic N) is 3. The maximum atomic E-state index is 13.5. The Morgan fingerprint density at radius 1 is 1.07 bits per heavy atom. The maximum absolute atomic E-state index is 13.5. The molecule has 0 aliphatic heterocycles. The first kappa shape index (κ1) is 18.8. The van der Waals surface area contributed by atoms with Crippen LogP contribution >= 0.6 is 15.9 Å². The first-order chi connectivity index (χ1) is 13.9. The molecule has 4 atom stereocenters. The van der Waals surface area contributed by atoms with E-state index in [2.05, 4.69) is 36.6 Å². The van der Waals surface area contributed by atoms with Crippen LogP contribution in [0.15, 0.2) is 35.3 Å². The van der Waals surface area contributed by atoms with Gasteiger partial charge in [-0.1, -0.05) is 0 Å². The number of nitrogens with one attached hydrogen (secondary N) is 2. The molecular weight excluding hydrogens is 434 g/mol. The number of aromatic nitrogens is 3. The second-order valence-electron chi connectivity index (χ2n) is 9.14. The first-order valence-corrected chi connectivity index (χ1v) is 10.9. The number of anilines is 2. The number of halogens is 1. The summed E-state index contributed by atoms with van der Waals surface area (Å²) in [6.07, 6.45) is 7.92. The van der Waals surface area contributed by atoms with Crippen LogP contribution in [0.25, 0.3) is 0 Å². The van der Waals surface area contributed by atoms with Gasteiger partial charge in [-0.15, -0.1) is 5.10 Å². The molecule has 7 nitrogen and oxygen atoms in total. The number of hydrogen-bond acceptors (Lipinski definition) is 4. The topological polar surface area (TPSA) is 88.9 Å². The minimum Gasteiger partial charge on any atom is -0.326 e. The van der Waals surface area contributed by atoms with Crippen molar-refractivity contribution >= 4 is 39.1 Å². The van der Waals surface area contributed by atoms with Crippen LogP contribution in [0.4, 0.5) is 11.4 Å². The molecule has 2 unspecified atom stereocenters. The Balaban J connectivity index is 1.39. The second kappa shape index (κ2) is 6.65. The van der Waals surface area contributed by atoms with E-state index in [-0.39, 0.29) is 22.8 Å². The summed E-state index contributed by atoms with van der Waals surface area (Å²) in [7, 11) is 0. The Labute approximate surface area is 177 Å². The van der Waals surface area contributed by atoms with Crippen LogP contribution in [0.3, 0.4) is 0 Å². The van der Waals surface area contributed by atoms with E-state index in [0.29, 0.717) is 16.6 Å². The van der Waals surface area contributed by atoms with Crippen LogP contribution in [0.1, 0.15) is 45.4 Å². The number of benzene rings is 1. The minimum absolute atomic E-state index is 0.101. The van der Waals surface area contributed by atoms with Gasteiger partial charge in [-0.25, -0.2) is 9.67 Å². The van der Waals surface area contributed by atoms with Crippen molar-refractivity contribution < 1.29 is 9.59 Å². The van der Waals surface area contributed by atoms with E-state index < -0.39 is 0 Å². The number of carbonyl (C=O) groups excluding carboxylic acids is 2. The van der Waals surface area contributed by atoms with E-state index >= 15 is 0 Å². The molecule has 0 saturated heterocycles. The Morgan fingerprint density at radius 3 is 2.24 bits per heavy atom. The fraction of sp³-hybridized carbons (Fsp3) is 0.524. The normalized spacial score (nSPS) is 32.2. The van der Waals surface area contributed by atoms with Gasteiger partial charge in [0, 0.05) is 18.3 Å². The molecule has 0 spiro atoms. The third-order valence-electron chi connectivity index (χ3n) is 6.92. The van der Waals surface area contributed by atoms with Gasteiger partial charge in [0.2, 0.25) is 16.5 Å². The Kier molecular flexibility index (Phi) is 4.31.